The van der Waals surface area contributed by atoms with E-state index in [-0.39, 0.29) is 16.2 Å². The maximum Gasteiger partial charge on any atom is 0.178 e. The fraction of sp³-hybridized carbons (Fsp3) is 0.308. The molecule has 0 N–H and O–H groups in total. The van der Waals surface area contributed by atoms with Gasteiger partial charge in [0.05, 0.1) is 14.2 Å². The van der Waals surface area contributed by atoms with E-state index in [0.29, 0.717) is 0 Å². The Kier molecular flexibility index (Phi) is 8.86. The number of nitrogens with zero attached hydrogens (tertiary/aromatic N) is 1. The van der Waals surface area contributed by atoms with Gasteiger partial charge in [0.2, 0.25) is 0 Å². The van der Waals surface area contributed by atoms with E-state index in [2.05, 4.69) is 150 Å². The molecular formula is C52H53NO3S. The topological polar surface area (TPSA) is 30.9 Å². The number of ether oxygens (including phenoxy) is 3. The fourth-order valence-corrected chi connectivity index (χ4v) is 11.8. The predicted molar refractivity (Wildman–Crippen MR) is 240 cm³/mol. The second-order valence-electron chi connectivity index (χ2n) is 18.1. The summed E-state index contributed by atoms with van der Waals surface area (Å²) in [5.41, 5.74) is 11.6. The molecule has 6 aromatic rings. The van der Waals surface area contributed by atoms with Crippen LogP contribution in [0.2, 0.25) is 0 Å². The number of rotatable bonds is 7. The van der Waals surface area contributed by atoms with Gasteiger partial charge in [0.1, 0.15) is 17.2 Å². The van der Waals surface area contributed by atoms with Crippen LogP contribution in [0.3, 0.4) is 0 Å². The van der Waals surface area contributed by atoms with Crippen molar-refractivity contribution < 1.29 is 14.2 Å². The van der Waals surface area contributed by atoms with E-state index in [1.807, 2.05) is 36.0 Å². The van der Waals surface area contributed by atoms with Gasteiger partial charge >= 0.3 is 0 Å². The molecule has 2 aliphatic carbocycles. The molecular weight excluding hydrogens is 719 g/mol. The molecule has 4 nitrogen and oxygen atoms in total. The van der Waals surface area contributed by atoms with Crippen molar-refractivity contribution in [1.29, 1.82) is 0 Å². The van der Waals surface area contributed by atoms with Gasteiger partial charge in [-0.05, 0) is 130 Å². The molecule has 9 rings (SSSR count). The molecule has 0 aromatic heterocycles. The number of fused-ring (bicyclic) bond motifs is 10. The molecule has 1 aliphatic heterocycles. The minimum atomic E-state index is -0.915. The van der Waals surface area contributed by atoms with Gasteiger partial charge in [0, 0.05) is 52.2 Å². The van der Waals surface area contributed by atoms with Crippen molar-refractivity contribution in [1.82, 2.24) is 0 Å². The summed E-state index contributed by atoms with van der Waals surface area (Å²) in [7, 11) is 7.61. The summed E-state index contributed by atoms with van der Waals surface area (Å²) >= 11 is 1.82. The van der Waals surface area contributed by atoms with E-state index < -0.39 is 5.60 Å². The van der Waals surface area contributed by atoms with Crippen molar-refractivity contribution in [2.45, 2.75) is 62.9 Å². The van der Waals surface area contributed by atoms with Crippen molar-refractivity contribution >= 4 is 34.3 Å². The van der Waals surface area contributed by atoms with Crippen molar-refractivity contribution in [2.24, 2.45) is 10.8 Å². The third-order valence-corrected chi connectivity index (χ3v) is 13.6. The Morgan fingerprint density at radius 2 is 1.26 bits per heavy atom. The zero-order valence-electron chi connectivity index (χ0n) is 34.7. The molecule has 0 saturated heterocycles. The standard InChI is InChI=1S/C52H53NO3S/c1-49(2)30-50(3,4)32-51(31-49)44-13-11-10-12-39(44)46-42-29-45(57-9)41(33-14-20-36(21-15-33)53(5)6)28-43(42)48-40(47(46)51)26-27-52(56-48,34-16-22-37(54-7)23-17-34)35-18-24-38(55-8)25-19-35/h10-29H,30-32H2,1-9H3. The first kappa shape index (κ1) is 37.4. The Bertz CT molecular complexity index is 2480. The van der Waals surface area contributed by atoms with E-state index >= 15 is 0 Å². The maximum atomic E-state index is 7.85. The quantitative estimate of drug-likeness (QED) is 0.151. The number of anilines is 1. The zero-order chi connectivity index (χ0) is 39.9. The van der Waals surface area contributed by atoms with Crippen LogP contribution in [-0.4, -0.2) is 34.6 Å². The Hall–Kier alpha value is -5.13. The molecule has 1 fully saturated rings. The number of hydrogen-bond donors (Lipinski definition) is 0. The summed E-state index contributed by atoms with van der Waals surface area (Å²) in [6.45, 7) is 9.92. The first-order valence-electron chi connectivity index (χ1n) is 20.1. The molecule has 1 heterocycles. The molecule has 0 radical (unpaired) electrons. The molecule has 290 valence electrons. The number of methoxy groups -OCH3 is 2. The molecule has 57 heavy (non-hydrogen) atoms. The SMILES string of the molecule is COc1ccc(C2(c3ccc(OC)cc3)C=Cc3c4c(c5cc(SC)c(-c6ccc(N(C)C)cc6)cc5c3O2)-c2ccccc2C42CC(C)(C)CC(C)(C)C2)cc1. The van der Waals surface area contributed by atoms with Crippen LogP contribution < -0.4 is 19.1 Å². The molecule has 1 saturated carbocycles. The monoisotopic (exact) mass is 771 g/mol. The molecule has 0 unspecified atom stereocenters. The highest BCUT2D eigenvalue weighted by molar-refractivity contribution is 7.98. The van der Waals surface area contributed by atoms with Gasteiger partial charge in [-0.15, -0.1) is 11.8 Å². The van der Waals surface area contributed by atoms with Crippen LogP contribution in [0.15, 0.2) is 120 Å². The Morgan fingerprint density at radius 3 is 1.82 bits per heavy atom. The minimum Gasteiger partial charge on any atom is -0.497 e. The van der Waals surface area contributed by atoms with Gasteiger partial charge in [0.15, 0.2) is 5.60 Å². The first-order chi connectivity index (χ1) is 27.3. The average Bonchev–Trinajstić information content (AvgIpc) is 3.47. The van der Waals surface area contributed by atoms with Gasteiger partial charge in [-0.3, -0.25) is 0 Å². The highest BCUT2D eigenvalue weighted by Crippen LogP contribution is 2.67. The van der Waals surface area contributed by atoms with Gasteiger partial charge in [-0.25, -0.2) is 0 Å². The molecule has 0 bridgehead atoms. The lowest BCUT2D eigenvalue weighted by molar-refractivity contribution is 0.0642. The van der Waals surface area contributed by atoms with Crippen LogP contribution in [-0.2, 0) is 11.0 Å². The summed E-state index contributed by atoms with van der Waals surface area (Å²) < 4.78 is 19.1. The highest BCUT2D eigenvalue weighted by Gasteiger charge is 2.55. The van der Waals surface area contributed by atoms with Crippen molar-refractivity contribution in [3.63, 3.8) is 0 Å². The van der Waals surface area contributed by atoms with Crippen molar-refractivity contribution in [2.75, 3.05) is 39.5 Å². The first-order valence-corrected chi connectivity index (χ1v) is 21.3. The molecule has 1 spiro atoms. The fourth-order valence-electron chi connectivity index (χ4n) is 11.2. The molecule has 3 aliphatic rings. The van der Waals surface area contributed by atoms with Gasteiger partial charge in [-0.2, -0.15) is 0 Å². The summed E-state index contributed by atoms with van der Waals surface area (Å²) in [5.74, 6) is 2.55. The Labute approximate surface area is 342 Å². The van der Waals surface area contributed by atoms with E-state index in [1.54, 1.807) is 14.2 Å². The molecule has 0 atom stereocenters. The van der Waals surface area contributed by atoms with Crippen molar-refractivity contribution in [3.05, 3.63) is 143 Å². The zero-order valence-corrected chi connectivity index (χ0v) is 35.6. The lowest BCUT2D eigenvalue weighted by Crippen LogP contribution is -2.44. The highest BCUT2D eigenvalue weighted by atomic mass is 32.2. The van der Waals surface area contributed by atoms with E-state index in [1.165, 1.54) is 61.3 Å². The molecule has 6 aromatic carbocycles. The predicted octanol–water partition coefficient (Wildman–Crippen LogP) is 13.2. The van der Waals surface area contributed by atoms with Crippen LogP contribution in [0.25, 0.3) is 39.1 Å². The summed E-state index contributed by atoms with van der Waals surface area (Å²) in [6, 6.07) is 39.8. The van der Waals surface area contributed by atoms with E-state index in [0.717, 1.165) is 46.6 Å². The third kappa shape index (κ3) is 5.95. The summed E-state index contributed by atoms with van der Waals surface area (Å²) in [4.78, 5) is 3.41. The second kappa shape index (κ2) is 13.5. The number of thioether (sulfide) groups is 1. The van der Waals surface area contributed by atoms with Crippen LogP contribution in [0, 0.1) is 10.8 Å². The normalized spacial score (nSPS) is 17.7. The second-order valence-corrected chi connectivity index (χ2v) is 19.0. The van der Waals surface area contributed by atoms with Crippen molar-refractivity contribution in [3.8, 4) is 39.5 Å². The number of benzene rings is 6. The van der Waals surface area contributed by atoms with E-state index in [4.69, 9.17) is 14.2 Å². The average molecular weight is 772 g/mol. The Morgan fingerprint density at radius 1 is 0.667 bits per heavy atom. The smallest absolute Gasteiger partial charge is 0.178 e. The van der Waals surface area contributed by atoms with Crippen LogP contribution >= 0.6 is 11.8 Å². The maximum absolute atomic E-state index is 7.85. The van der Waals surface area contributed by atoms with Gasteiger partial charge in [-0.1, -0.05) is 94.4 Å². The molecule has 5 heteroatoms. The minimum absolute atomic E-state index is 0.139. The van der Waals surface area contributed by atoms with Gasteiger partial charge in [0.25, 0.3) is 0 Å². The lowest BCUT2D eigenvalue weighted by Gasteiger charge is -2.52. The van der Waals surface area contributed by atoms with Crippen LogP contribution in [0.1, 0.15) is 74.8 Å². The summed E-state index contributed by atoms with van der Waals surface area (Å²) in [6.07, 6.45) is 10.3. The number of hydrogen-bond acceptors (Lipinski definition) is 5. The molecule has 0 amide bonds. The van der Waals surface area contributed by atoms with Gasteiger partial charge < -0.3 is 19.1 Å². The summed E-state index contributed by atoms with van der Waals surface area (Å²) in [5, 5.41) is 2.38. The third-order valence-electron chi connectivity index (χ3n) is 12.8. The van der Waals surface area contributed by atoms with E-state index in [9.17, 15) is 0 Å². The Balaban J connectivity index is 1.40. The van der Waals surface area contributed by atoms with Crippen LogP contribution in [0.5, 0.6) is 17.2 Å². The largest absolute Gasteiger partial charge is 0.497 e. The van der Waals surface area contributed by atoms with Crippen LogP contribution in [0.4, 0.5) is 5.69 Å². The lowest BCUT2D eigenvalue weighted by atomic mass is 9.52.